The molecule has 2 unspecified atom stereocenters. The van der Waals surface area contributed by atoms with E-state index in [1.807, 2.05) is 68.6 Å². The maximum absolute atomic E-state index is 13.1. The highest BCUT2D eigenvalue weighted by atomic mass is 16.4. The number of H-pyrrole nitrogens is 1. The van der Waals surface area contributed by atoms with Crippen LogP contribution in [0, 0.1) is 6.92 Å². The molecule has 0 spiro atoms. The number of aromatic nitrogens is 1. The number of benzene rings is 2. The third-order valence-corrected chi connectivity index (χ3v) is 5.03. The number of nitrogens with one attached hydrogen (secondary N) is 3. The first-order valence-electron chi connectivity index (χ1n) is 9.22. The molecule has 0 bridgehead atoms. The summed E-state index contributed by atoms with van der Waals surface area (Å²) in [4.78, 5) is 27.6. The number of carboxylic acid groups (broad SMARTS) is 1. The fourth-order valence-corrected chi connectivity index (χ4v) is 3.37. The molecule has 0 radical (unpaired) electrons. The highest BCUT2D eigenvalue weighted by molar-refractivity contribution is 5.91. The van der Waals surface area contributed by atoms with Crippen LogP contribution in [-0.4, -0.2) is 27.6 Å². The van der Waals surface area contributed by atoms with Gasteiger partial charge >= 0.3 is 6.09 Å². The number of aryl methyl sites for hydroxylation is 1. The number of carbonyl (C=O) groups excluding carboxylic acids is 1. The minimum Gasteiger partial charge on any atom is -0.465 e. The summed E-state index contributed by atoms with van der Waals surface area (Å²) in [6.07, 6.45) is 0.819. The average Bonchev–Trinajstić information content (AvgIpc) is 3.04. The minimum absolute atomic E-state index is 0.232. The molecule has 28 heavy (non-hydrogen) atoms. The van der Waals surface area contributed by atoms with Crippen LogP contribution in [0.1, 0.15) is 36.6 Å². The minimum atomic E-state index is -1.31. The molecule has 1 aromatic heterocycles. The Balaban J connectivity index is 1.84. The number of carbonyl (C=O) groups is 2. The highest BCUT2D eigenvalue weighted by Crippen LogP contribution is 2.24. The van der Waals surface area contributed by atoms with Crippen LogP contribution in [0.4, 0.5) is 4.79 Å². The quantitative estimate of drug-likeness (QED) is 0.523. The first kappa shape index (κ1) is 19.5. The molecule has 0 fully saturated rings. The lowest BCUT2D eigenvalue weighted by Gasteiger charge is -2.30. The van der Waals surface area contributed by atoms with Gasteiger partial charge in [-0.1, -0.05) is 48.0 Å². The Bertz CT molecular complexity index is 994. The summed E-state index contributed by atoms with van der Waals surface area (Å²) in [5.41, 5.74) is 2.62. The second-order valence-electron chi connectivity index (χ2n) is 7.40. The Morgan fingerprint density at radius 1 is 1.14 bits per heavy atom. The van der Waals surface area contributed by atoms with Crippen molar-refractivity contribution in [2.24, 2.45) is 0 Å². The van der Waals surface area contributed by atoms with Crippen molar-refractivity contribution in [1.82, 2.24) is 15.6 Å². The topological polar surface area (TPSA) is 94.2 Å². The SMILES string of the molecule is Cc1ccc(C(C)NC(=O)C(C)(Cc2c[nH]c3ccccc23)NC(=O)O)cc1. The Morgan fingerprint density at radius 3 is 2.50 bits per heavy atom. The van der Waals surface area contributed by atoms with Gasteiger partial charge in [-0.15, -0.1) is 0 Å². The number of para-hydroxylation sites is 1. The summed E-state index contributed by atoms with van der Waals surface area (Å²) < 4.78 is 0. The second kappa shape index (κ2) is 7.76. The van der Waals surface area contributed by atoms with Crippen LogP contribution in [0.3, 0.4) is 0 Å². The molecule has 0 aliphatic carbocycles. The van der Waals surface area contributed by atoms with E-state index in [4.69, 9.17) is 0 Å². The Hall–Kier alpha value is -3.28. The Labute approximate surface area is 164 Å². The summed E-state index contributed by atoms with van der Waals surface area (Å²) in [5, 5.41) is 15.7. The number of hydrogen-bond donors (Lipinski definition) is 4. The van der Waals surface area contributed by atoms with E-state index in [0.29, 0.717) is 0 Å². The van der Waals surface area contributed by atoms with E-state index in [2.05, 4.69) is 15.6 Å². The third kappa shape index (κ3) is 4.17. The maximum Gasteiger partial charge on any atom is 0.405 e. The summed E-state index contributed by atoms with van der Waals surface area (Å²) in [6, 6.07) is 15.4. The van der Waals surface area contributed by atoms with E-state index in [1.54, 1.807) is 6.92 Å². The molecular formula is C22H25N3O3. The van der Waals surface area contributed by atoms with E-state index in [1.165, 1.54) is 0 Å². The lowest BCUT2D eigenvalue weighted by molar-refractivity contribution is -0.127. The van der Waals surface area contributed by atoms with Crippen molar-refractivity contribution in [1.29, 1.82) is 0 Å². The molecule has 2 atom stereocenters. The van der Waals surface area contributed by atoms with Crippen LogP contribution in [0.5, 0.6) is 0 Å². The lowest BCUT2D eigenvalue weighted by Crippen LogP contribution is -2.58. The normalized spacial score (nSPS) is 14.2. The molecule has 3 rings (SSSR count). The summed E-state index contributed by atoms with van der Waals surface area (Å²) in [7, 11) is 0. The van der Waals surface area contributed by atoms with Crippen molar-refractivity contribution in [3.63, 3.8) is 0 Å². The van der Waals surface area contributed by atoms with Crippen LogP contribution in [0.15, 0.2) is 54.7 Å². The van der Waals surface area contributed by atoms with E-state index in [0.717, 1.165) is 27.6 Å². The van der Waals surface area contributed by atoms with Crippen molar-refractivity contribution >= 4 is 22.9 Å². The Kier molecular flexibility index (Phi) is 5.40. The van der Waals surface area contributed by atoms with Crippen LogP contribution in [-0.2, 0) is 11.2 Å². The highest BCUT2D eigenvalue weighted by Gasteiger charge is 2.36. The van der Waals surface area contributed by atoms with E-state index in [9.17, 15) is 14.7 Å². The van der Waals surface area contributed by atoms with Crippen molar-refractivity contribution < 1.29 is 14.7 Å². The van der Waals surface area contributed by atoms with Crippen molar-refractivity contribution in [3.8, 4) is 0 Å². The van der Waals surface area contributed by atoms with E-state index >= 15 is 0 Å². The molecule has 0 saturated carbocycles. The lowest BCUT2D eigenvalue weighted by atomic mass is 9.91. The van der Waals surface area contributed by atoms with E-state index in [-0.39, 0.29) is 18.4 Å². The summed E-state index contributed by atoms with van der Waals surface area (Å²) in [6.45, 7) is 5.50. The van der Waals surface area contributed by atoms with Gasteiger partial charge in [-0.05, 0) is 38.0 Å². The monoisotopic (exact) mass is 379 g/mol. The summed E-state index contributed by atoms with van der Waals surface area (Å²) in [5.74, 6) is -0.367. The van der Waals surface area contributed by atoms with Gasteiger partial charge in [-0.25, -0.2) is 4.79 Å². The van der Waals surface area contributed by atoms with Gasteiger partial charge in [0.15, 0.2) is 0 Å². The zero-order chi connectivity index (χ0) is 20.3. The molecule has 4 N–H and O–H groups in total. The maximum atomic E-state index is 13.1. The number of aromatic amines is 1. The number of amides is 2. The van der Waals surface area contributed by atoms with Gasteiger partial charge in [-0.2, -0.15) is 0 Å². The molecule has 0 aliphatic rings. The predicted molar refractivity (Wildman–Crippen MR) is 109 cm³/mol. The fraction of sp³-hybridized carbons (Fsp3) is 0.273. The first-order chi connectivity index (χ1) is 13.3. The van der Waals surface area contributed by atoms with Crippen molar-refractivity contribution in [3.05, 3.63) is 71.4 Å². The standard InChI is InChI=1S/C22H25N3O3/c1-14-8-10-16(11-9-14)15(2)24-20(26)22(3,25-21(27)28)12-17-13-23-19-7-5-4-6-18(17)19/h4-11,13,15,23,25H,12H2,1-3H3,(H,24,26)(H,27,28). The molecule has 0 saturated heterocycles. The molecule has 2 amide bonds. The van der Waals surface area contributed by atoms with Crippen LogP contribution in [0.2, 0.25) is 0 Å². The van der Waals surface area contributed by atoms with Gasteiger partial charge in [0.25, 0.3) is 0 Å². The molecule has 6 heteroatoms. The molecule has 146 valence electrons. The predicted octanol–water partition coefficient (Wildman–Crippen LogP) is 3.92. The van der Waals surface area contributed by atoms with Gasteiger partial charge in [0, 0.05) is 23.5 Å². The van der Waals surface area contributed by atoms with Gasteiger partial charge in [0.2, 0.25) is 5.91 Å². The van der Waals surface area contributed by atoms with Crippen LogP contribution < -0.4 is 10.6 Å². The van der Waals surface area contributed by atoms with Crippen molar-refractivity contribution in [2.75, 3.05) is 0 Å². The average molecular weight is 379 g/mol. The number of hydrogen-bond acceptors (Lipinski definition) is 2. The zero-order valence-corrected chi connectivity index (χ0v) is 16.2. The third-order valence-electron chi connectivity index (χ3n) is 5.03. The Morgan fingerprint density at radius 2 is 1.82 bits per heavy atom. The fourth-order valence-electron chi connectivity index (χ4n) is 3.37. The van der Waals surface area contributed by atoms with Gasteiger partial charge < -0.3 is 20.7 Å². The summed E-state index contributed by atoms with van der Waals surface area (Å²) >= 11 is 0. The van der Waals surface area contributed by atoms with Gasteiger partial charge in [-0.3, -0.25) is 4.79 Å². The van der Waals surface area contributed by atoms with Crippen molar-refractivity contribution in [2.45, 2.75) is 38.8 Å². The van der Waals surface area contributed by atoms with Gasteiger partial charge in [0.1, 0.15) is 5.54 Å². The smallest absolute Gasteiger partial charge is 0.405 e. The van der Waals surface area contributed by atoms with E-state index < -0.39 is 11.6 Å². The largest absolute Gasteiger partial charge is 0.465 e. The zero-order valence-electron chi connectivity index (χ0n) is 16.2. The van der Waals surface area contributed by atoms with Crippen LogP contribution in [0.25, 0.3) is 10.9 Å². The van der Waals surface area contributed by atoms with Gasteiger partial charge in [0.05, 0.1) is 6.04 Å². The second-order valence-corrected chi connectivity index (χ2v) is 7.40. The van der Waals surface area contributed by atoms with Crippen LogP contribution >= 0.6 is 0 Å². The number of fused-ring (bicyclic) bond motifs is 1. The molecule has 6 nitrogen and oxygen atoms in total. The molecule has 1 heterocycles. The molecule has 2 aromatic carbocycles. The first-order valence-corrected chi connectivity index (χ1v) is 9.22. The molecule has 0 aliphatic heterocycles. The molecule has 3 aromatic rings. The number of rotatable bonds is 6. The molecular weight excluding hydrogens is 354 g/mol.